The first-order valence-electron chi connectivity index (χ1n) is 20.3. The zero-order valence-electron chi connectivity index (χ0n) is 32.6. The highest BCUT2D eigenvalue weighted by Crippen LogP contribution is 2.73. The molecule has 8 atom stereocenters. The van der Waals surface area contributed by atoms with Crippen LogP contribution in [0.4, 0.5) is 0 Å². The molecule has 2 aromatic carbocycles. The molecule has 0 saturated heterocycles. The number of hydrogen-bond donors (Lipinski definition) is 1. The van der Waals surface area contributed by atoms with Crippen LogP contribution < -0.4 is 5.32 Å². The van der Waals surface area contributed by atoms with Crippen molar-refractivity contribution < 1.29 is 19.1 Å². The maximum atomic E-state index is 14.3. The quantitative estimate of drug-likeness (QED) is 0.250. The highest BCUT2D eigenvalue weighted by molar-refractivity contribution is 5.90. The number of hydrogen-bond acceptors (Lipinski definition) is 5. The van der Waals surface area contributed by atoms with Crippen LogP contribution in [0, 0.1) is 51.2 Å². The summed E-state index contributed by atoms with van der Waals surface area (Å²) >= 11 is 0. The Hall–Kier alpha value is -3.25. The number of amides is 1. The summed E-state index contributed by atoms with van der Waals surface area (Å²) < 4.78 is 4.95. The summed E-state index contributed by atoms with van der Waals surface area (Å²) in [5.74, 6) is 3.22. The van der Waals surface area contributed by atoms with Gasteiger partial charge in [0, 0.05) is 19.6 Å². The molecule has 8 unspecified atom stereocenters. The molecule has 6 heteroatoms. The second-order valence-corrected chi connectivity index (χ2v) is 18.5. The van der Waals surface area contributed by atoms with Crippen molar-refractivity contribution in [3.63, 3.8) is 0 Å². The monoisotopic (exact) mass is 706 g/mol. The number of allylic oxidation sites excluding steroid dienone is 2. The van der Waals surface area contributed by atoms with Gasteiger partial charge in [0.2, 0.25) is 5.91 Å². The van der Waals surface area contributed by atoms with Crippen molar-refractivity contribution in [1.29, 1.82) is 0 Å². The van der Waals surface area contributed by atoms with E-state index in [9.17, 15) is 14.4 Å². The van der Waals surface area contributed by atoms with Crippen LogP contribution in [0.3, 0.4) is 0 Å². The predicted octanol–water partition coefficient (Wildman–Crippen LogP) is 9.14. The second-order valence-electron chi connectivity index (χ2n) is 18.5. The van der Waals surface area contributed by atoms with E-state index in [1.165, 1.54) is 62.3 Å². The third-order valence-corrected chi connectivity index (χ3v) is 15.6. The Morgan fingerprint density at radius 1 is 0.827 bits per heavy atom. The van der Waals surface area contributed by atoms with Gasteiger partial charge in [0.15, 0.2) is 0 Å². The summed E-state index contributed by atoms with van der Waals surface area (Å²) in [4.78, 5) is 40.7. The maximum Gasteiger partial charge on any atom is 0.337 e. The number of nitrogens with zero attached hydrogens (tertiary/aromatic N) is 1. The van der Waals surface area contributed by atoms with E-state index in [0.717, 1.165) is 25.7 Å². The normalized spacial score (nSPS) is 34.6. The van der Waals surface area contributed by atoms with Crippen LogP contribution in [0.1, 0.15) is 120 Å². The van der Waals surface area contributed by atoms with Crippen molar-refractivity contribution in [3.8, 4) is 0 Å². The molecular weight excluding hydrogens is 645 g/mol. The van der Waals surface area contributed by atoms with Crippen LogP contribution in [0.15, 0.2) is 60.7 Å². The number of fused-ring (bicyclic) bond motifs is 7. The summed E-state index contributed by atoms with van der Waals surface area (Å²) in [7, 11) is 1.44. The van der Waals surface area contributed by atoms with E-state index >= 15 is 0 Å². The molecule has 4 saturated carbocycles. The van der Waals surface area contributed by atoms with Crippen molar-refractivity contribution in [3.05, 3.63) is 77.4 Å². The summed E-state index contributed by atoms with van der Waals surface area (Å²) in [6.45, 7) is 14.3. The number of benzene rings is 2. The van der Waals surface area contributed by atoms with Gasteiger partial charge in [-0.25, -0.2) is 4.79 Å². The SMILES string of the molecule is COC(=O)c1ccc(C2=CCC3(C)C(CCC4(C)C5CCC6(C(=O)NCCN(CC(C)=O)Cc7ccccc7)CCCC6C5CCC43)C2(C)C)cc1. The van der Waals surface area contributed by atoms with Crippen LogP contribution in [-0.4, -0.2) is 49.3 Å². The average molecular weight is 707 g/mol. The fourth-order valence-corrected chi connectivity index (χ4v) is 13.5. The van der Waals surface area contributed by atoms with Crippen molar-refractivity contribution in [2.24, 2.45) is 51.2 Å². The third kappa shape index (κ3) is 6.29. The Balaban J connectivity index is 1.05. The Morgan fingerprint density at radius 3 is 2.29 bits per heavy atom. The Bertz CT molecular complexity index is 1680. The predicted molar refractivity (Wildman–Crippen MR) is 207 cm³/mol. The van der Waals surface area contributed by atoms with E-state index in [1.54, 1.807) is 6.92 Å². The molecule has 5 aliphatic rings. The smallest absolute Gasteiger partial charge is 0.337 e. The summed E-state index contributed by atoms with van der Waals surface area (Å²) in [6, 6.07) is 18.3. The van der Waals surface area contributed by atoms with Gasteiger partial charge in [0.05, 0.1) is 24.6 Å². The molecule has 0 bridgehead atoms. The molecule has 1 N–H and O–H groups in total. The molecule has 0 spiro atoms. The molecule has 4 fully saturated rings. The van der Waals surface area contributed by atoms with Gasteiger partial charge < -0.3 is 10.1 Å². The van der Waals surface area contributed by atoms with Crippen molar-refractivity contribution in [2.75, 3.05) is 26.7 Å². The van der Waals surface area contributed by atoms with Crippen LogP contribution >= 0.6 is 0 Å². The van der Waals surface area contributed by atoms with Gasteiger partial charge in [-0.05, 0) is 139 Å². The number of methoxy groups -OCH3 is 1. The summed E-state index contributed by atoms with van der Waals surface area (Å²) in [5, 5.41) is 3.43. The molecule has 2 aromatic rings. The van der Waals surface area contributed by atoms with Gasteiger partial charge in [0.25, 0.3) is 0 Å². The first-order chi connectivity index (χ1) is 24.8. The molecule has 52 heavy (non-hydrogen) atoms. The van der Waals surface area contributed by atoms with E-state index in [2.05, 4.69) is 68.3 Å². The highest BCUT2D eigenvalue weighted by Gasteiger charge is 2.66. The Morgan fingerprint density at radius 2 is 1.58 bits per heavy atom. The van der Waals surface area contributed by atoms with Gasteiger partial charge in [0.1, 0.15) is 5.78 Å². The maximum absolute atomic E-state index is 14.3. The van der Waals surface area contributed by atoms with Gasteiger partial charge in [-0.15, -0.1) is 0 Å². The van der Waals surface area contributed by atoms with E-state index < -0.39 is 0 Å². The highest BCUT2D eigenvalue weighted by atomic mass is 16.5. The third-order valence-electron chi connectivity index (χ3n) is 15.6. The molecular formula is C46H62N2O4. The molecule has 0 radical (unpaired) electrons. The van der Waals surface area contributed by atoms with E-state index in [0.29, 0.717) is 66.7 Å². The lowest BCUT2D eigenvalue weighted by molar-refractivity contribution is -0.181. The van der Waals surface area contributed by atoms with Gasteiger partial charge in [-0.2, -0.15) is 0 Å². The fraction of sp³-hybridized carbons (Fsp3) is 0.630. The zero-order valence-corrected chi connectivity index (χ0v) is 32.6. The summed E-state index contributed by atoms with van der Waals surface area (Å²) in [6.07, 6.45) is 14.3. The van der Waals surface area contributed by atoms with E-state index in [1.807, 2.05) is 30.3 Å². The molecule has 1 amide bonds. The van der Waals surface area contributed by atoms with Crippen LogP contribution in [0.2, 0.25) is 0 Å². The lowest BCUT2D eigenvalue weighted by Crippen LogP contribution is -2.62. The molecule has 0 aliphatic heterocycles. The van der Waals surface area contributed by atoms with E-state index in [4.69, 9.17) is 4.74 Å². The van der Waals surface area contributed by atoms with E-state index in [-0.39, 0.29) is 33.9 Å². The van der Waals surface area contributed by atoms with Crippen molar-refractivity contribution in [2.45, 2.75) is 105 Å². The molecule has 5 aliphatic carbocycles. The topological polar surface area (TPSA) is 75.7 Å². The largest absolute Gasteiger partial charge is 0.465 e. The number of esters is 1. The van der Waals surface area contributed by atoms with Gasteiger partial charge in [-0.1, -0.05) is 82.7 Å². The first-order valence-corrected chi connectivity index (χ1v) is 20.3. The minimum Gasteiger partial charge on any atom is -0.465 e. The average Bonchev–Trinajstić information content (AvgIpc) is 3.57. The van der Waals surface area contributed by atoms with Crippen LogP contribution in [0.25, 0.3) is 5.57 Å². The number of rotatable bonds is 10. The Labute approximate surface area is 312 Å². The molecule has 280 valence electrons. The second kappa shape index (κ2) is 14.2. The number of ether oxygens (including phenoxy) is 1. The first kappa shape index (κ1) is 37.1. The zero-order chi connectivity index (χ0) is 36.9. The minimum atomic E-state index is -0.289. The van der Waals surface area contributed by atoms with Crippen molar-refractivity contribution >= 4 is 23.2 Å². The van der Waals surface area contributed by atoms with Crippen LogP contribution in [-0.2, 0) is 20.9 Å². The van der Waals surface area contributed by atoms with Crippen LogP contribution in [0.5, 0.6) is 0 Å². The lowest BCUT2D eigenvalue weighted by atomic mass is 9.36. The minimum absolute atomic E-state index is 0.0321. The number of ketones is 1. The standard InChI is InChI=1S/C46H62N2O4/c1-31(49)29-48(30-32-11-8-7-9-12-32)28-27-47-42(51)46-23-10-13-38(46)35-18-19-40-44(4,37(35)21-26-46)25-22-39-43(2,3)36(20-24-45(39,40)5)33-14-16-34(17-15-33)41(50)52-6/h7-9,11-12,14-17,20,35,37-40H,10,13,18-19,21-30H2,1-6H3,(H,47,51). The molecule has 0 aromatic heterocycles. The van der Waals surface area contributed by atoms with Gasteiger partial charge in [-0.3, -0.25) is 14.5 Å². The van der Waals surface area contributed by atoms with Crippen molar-refractivity contribution in [1.82, 2.24) is 10.2 Å². The number of nitrogens with one attached hydrogen (secondary N) is 1. The Kier molecular flexibility index (Phi) is 10.1. The molecule has 6 nitrogen and oxygen atoms in total. The lowest BCUT2D eigenvalue weighted by Gasteiger charge is -2.68. The summed E-state index contributed by atoms with van der Waals surface area (Å²) in [5.41, 5.74) is 4.78. The molecule has 0 heterocycles. The number of Topliss-reactive ketones (excluding diaryl/α,β-unsaturated/α-hetero) is 1. The van der Waals surface area contributed by atoms with Gasteiger partial charge >= 0.3 is 5.97 Å². The molecule has 7 rings (SSSR count). The fourth-order valence-electron chi connectivity index (χ4n) is 13.5. The number of carbonyl (C=O) groups is 3. The number of carbonyl (C=O) groups excluding carboxylic acids is 3.